The van der Waals surface area contributed by atoms with Crippen LogP contribution in [0.3, 0.4) is 0 Å². The summed E-state index contributed by atoms with van der Waals surface area (Å²) in [5.74, 6) is 0. The number of hydrogen-bond acceptors (Lipinski definition) is 2. The van der Waals surface area contributed by atoms with Crippen molar-refractivity contribution in [1.82, 2.24) is 0 Å². The molecular formula is C13H12BrClOS. The van der Waals surface area contributed by atoms with Crippen LogP contribution in [0.5, 0.6) is 0 Å². The van der Waals surface area contributed by atoms with Crippen molar-refractivity contribution in [2.45, 2.75) is 20.0 Å². The summed E-state index contributed by atoms with van der Waals surface area (Å²) >= 11 is 10.8. The first-order valence-electron chi connectivity index (χ1n) is 5.19. The van der Waals surface area contributed by atoms with E-state index in [-0.39, 0.29) is 0 Å². The van der Waals surface area contributed by atoms with Crippen LogP contribution in [-0.4, -0.2) is 5.11 Å². The third kappa shape index (κ3) is 2.74. The maximum atomic E-state index is 10.3. The molecular weight excluding hydrogens is 320 g/mol. The standard InChI is InChI=1S/C13H12BrClOS/c1-7-6-10(14)8(2)5-9(7)13(16)11-3-4-12(15)17-11/h3-6,13,16H,1-2H3. The molecule has 0 aliphatic rings. The van der Waals surface area contributed by atoms with Crippen LogP contribution in [0.25, 0.3) is 0 Å². The summed E-state index contributed by atoms with van der Waals surface area (Å²) in [6.07, 6.45) is -0.598. The second-order valence-electron chi connectivity index (χ2n) is 4.00. The highest BCUT2D eigenvalue weighted by Gasteiger charge is 2.16. The maximum Gasteiger partial charge on any atom is 0.114 e. The first-order valence-corrected chi connectivity index (χ1v) is 7.17. The van der Waals surface area contributed by atoms with Gasteiger partial charge in [-0.25, -0.2) is 0 Å². The van der Waals surface area contributed by atoms with Crippen LogP contribution in [0.15, 0.2) is 28.7 Å². The second kappa shape index (κ2) is 5.11. The van der Waals surface area contributed by atoms with Crippen molar-refractivity contribution >= 4 is 38.9 Å². The molecule has 0 amide bonds. The molecule has 0 aliphatic heterocycles. The summed E-state index contributed by atoms with van der Waals surface area (Å²) < 4.78 is 1.76. The van der Waals surface area contributed by atoms with Crippen LogP contribution in [0.1, 0.15) is 27.7 Å². The number of hydrogen-bond donors (Lipinski definition) is 1. The fourth-order valence-electron chi connectivity index (χ4n) is 1.73. The Morgan fingerprint density at radius 1 is 1.24 bits per heavy atom. The lowest BCUT2D eigenvalue weighted by Crippen LogP contribution is -2.00. The summed E-state index contributed by atoms with van der Waals surface area (Å²) in [6, 6.07) is 7.72. The summed E-state index contributed by atoms with van der Waals surface area (Å²) in [6.45, 7) is 4.01. The number of aliphatic hydroxyl groups excluding tert-OH is 1. The molecule has 0 fully saturated rings. The third-order valence-electron chi connectivity index (χ3n) is 2.71. The minimum Gasteiger partial charge on any atom is -0.383 e. The van der Waals surface area contributed by atoms with Crippen molar-refractivity contribution in [2.24, 2.45) is 0 Å². The number of aliphatic hydroxyl groups is 1. The lowest BCUT2D eigenvalue weighted by molar-refractivity contribution is 0.223. The van der Waals surface area contributed by atoms with E-state index in [1.54, 1.807) is 0 Å². The topological polar surface area (TPSA) is 20.2 Å². The van der Waals surface area contributed by atoms with Crippen molar-refractivity contribution in [1.29, 1.82) is 0 Å². The number of rotatable bonds is 2. The Balaban J connectivity index is 2.43. The van der Waals surface area contributed by atoms with Crippen molar-refractivity contribution in [2.75, 3.05) is 0 Å². The predicted octanol–water partition coefficient (Wildman–Crippen LogP) is 4.86. The van der Waals surface area contributed by atoms with Gasteiger partial charge in [-0.2, -0.15) is 0 Å². The zero-order valence-corrected chi connectivity index (χ0v) is 12.7. The highest BCUT2D eigenvalue weighted by Crippen LogP contribution is 2.34. The van der Waals surface area contributed by atoms with Gasteiger partial charge in [0.05, 0.1) is 4.34 Å². The number of thiophene rings is 1. The molecule has 90 valence electrons. The average molecular weight is 332 g/mol. The largest absolute Gasteiger partial charge is 0.383 e. The Kier molecular flexibility index (Phi) is 3.93. The zero-order valence-electron chi connectivity index (χ0n) is 9.50. The second-order valence-corrected chi connectivity index (χ2v) is 6.60. The molecule has 0 radical (unpaired) electrons. The summed E-state index contributed by atoms with van der Waals surface area (Å²) in [5.41, 5.74) is 3.12. The SMILES string of the molecule is Cc1cc(C(O)c2ccc(Cl)s2)c(C)cc1Br. The van der Waals surface area contributed by atoms with Crippen molar-refractivity contribution in [3.05, 3.63) is 54.6 Å². The van der Waals surface area contributed by atoms with E-state index >= 15 is 0 Å². The monoisotopic (exact) mass is 330 g/mol. The van der Waals surface area contributed by atoms with Gasteiger partial charge in [-0.1, -0.05) is 33.6 Å². The van der Waals surface area contributed by atoms with E-state index in [1.165, 1.54) is 11.3 Å². The molecule has 1 heterocycles. The van der Waals surface area contributed by atoms with Crippen LogP contribution in [0, 0.1) is 13.8 Å². The molecule has 0 aliphatic carbocycles. The minimum absolute atomic E-state index is 0.598. The Labute approximate surface area is 118 Å². The number of halogens is 2. The van der Waals surface area contributed by atoms with Crippen molar-refractivity contribution in [3.63, 3.8) is 0 Å². The van der Waals surface area contributed by atoms with Crippen LogP contribution in [-0.2, 0) is 0 Å². The van der Waals surface area contributed by atoms with Gasteiger partial charge in [0.15, 0.2) is 0 Å². The first kappa shape index (κ1) is 13.1. The van der Waals surface area contributed by atoms with Crippen molar-refractivity contribution < 1.29 is 5.11 Å². The molecule has 2 aromatic rings. The molecule has 1 unspecified atom stereocenters. The van der Waals surface area contributed by atoms with Crippen LogP contribution in [0.2, 0.25) is 4.34 Å². The van der Waals surface area contributed by atoms with Gasteiger partial charge in [0.25, 0.3) is 0 Å². The number of aryl methyl sites for hydroxylation is 2. The smallest absolute Gasteiger partial charge is 0.114 e. The normalized spacial score (nSPS) is 12.8. The molecule has 1 N–H and O–H groups in total. The lowest BCUT2D eigenvalue weighted by atomic mass is 10.00. The van der Waals surface area contributed by atoms with E-state index < -0.39 is 6.10 Å². The molecule has 1 atom stereocenters. The summed E-state index contributed by atoms with van der Waals surface area (Å²) in [4.78, 5) is 0.875. The first-order chi connectivity index (χ1) is 7.99. The van der Waals surface area contributed by atoms with Gasteiger partial charge in [-0.3, -0.25) is 0 Å². The van der Waals surface area contributed by atoms with E-state index in [4.69, 9.17) is 11.6 Å². The Morgan fingerprint density at radius 2 is 1.94 bits per heavy atom. The molecule has 4 heteroatoms. The average Bonchev–Trinajstić information content (AvgIpc) is 2.69. The van der Waals surface area contributed by atoms with Gasteiger partial charge >= 0.3 is 0 Å². The summed E-state index contributed by atoms with van der Waals surface area (Å²) in [7, 11) is 0. The molecule has 2 rings (SSSR count). The van der Waals surface area contributed by atoms with E-state index in [1.807, 2.05) is 38.1 Å². The van der Waals surface area contributed by atoms with Crippen molar-refractivity contribution in [3.8, 4) is 0 Å². The van der Waals surface area contributed by atoms with Gasteiger partial charge in [0.2, 0.25) is 0 Å². The molecule has 1 aromatic carbocycles. The van der Waals surface area contributed by atoms with Crippen LogP contribution in [0.4, 0.5) is 0 Å². The molecule has 1 nitrogen and oxygen atoms in total. The van der Waals surface area contributed by atoms with Gasteiger partial charge in [0.1, 0.15) is 6.10 Å². The fraction of sp³-hybridized carbons (Fsp3) is 0.231. The fourth-order valence-corrected chi connectivity index (χ4v) is 3.25. The minimum atomic E-state index is -0.598. The van der Waals surface area contributed by atoms with Gasteiger partial charge in [-0.15, -0.1) is 11.3 Å². The lowest BCUT2D eigenvalue weighted by Gasteiger charge is -2.14. The van der Waals surface area contributed by atoms with Gasteiger partial charge < -0.3 is 5.11 Å². The van der Waals surface area contributed by atoms with Crippen LogP contribution >= 0.6 is 38.9 Å². The van der Waals surface area contributed by atoms with E-state index in [0.29, 0.717) is 4.34 Å². The Morgan fingerprint density at radius 3 is 2.53 bits per heavy atom. The highest BCUT2D eigenvalue weighted by atomic mass is 79.9. The quantitative estimate of drug-likeness (QED) is 0.833. The van der Waals surface area contributed by atoms with Crippen LogP contribution < -0.4 is 0 Å². The van der Waals surface area contributed by atoms with E-state index in [2.05, 4.69) is 15.9 Å². The highest BCUT2D eigenvalue weighted by molar-refractivity contribution is 9.10. The third-order valence-corrected chi connectivity index (χ3v) is 4.84. The van der Waals surface area contributed by atoms with Gasteiger partial charge in [0, 0.05) is 9.35 Å². The molecule has 1 aromatic heterocycles. The molecule has 0 saturated carbocycles. The molecule has 17 heavy (non-hydrogen) atoms. The maximum absolute atomic E-state index is 10.3. The molecule has 0 bridgehead atoms. The molecule has 0 saturated heterocycles. The predicted molar refractivity (Wildman–Crippen MR) is 77.0 cm³/mol. The van der Waals surface area contributed by atoms with E-state index in [9.17, 15) is 5.11 Å². The van der Waals surface area contributed by atoms with Gasteiger partial charge in [-0.05, 0) is 48.7 Å². The number of benzene rings is 1. The summed E-state index contributed by atoms with van der Waals surface area (Å²) in [5, 5.41) is 10.3. The Hall–Kier alpha value is -0.350. The Bertz CT molecular complexity index is 550. The zero-order chi connectivity index (χ0) is 12.6. The molecule has 0 spiro atoms. The van der Waals surface area contributed by atoms with E-state index in [0.717, 1.165) is 26.0 Å².